The molecule has 116 valence electrons. The molecule has 0 bridgehead atoms. The van der Waals surface area contributed by atoms with Crippen LogP contribution >= 0.6 is 0 Å². The Balaban J connectivity index is 1.41. The van der Waals surface area contributed by atoms with Crippen LogP contribution in [-0.2, 0) is 20.8 Å². The first kappa shape index (κ1) is 14.5. The van der Waals surface area contributed by atoms with E-state index in [4.69, 9.17) is 9.47 Å². The van der Waals surface area contributed by atoms with Crippen molar-refractivity contribution in [1.29, 1.82) is 0 Å². The molecule has 2 fully saturated rings. The predicted octanol–water partition coefficient (Wildman–Crippen LogP) is 1.96. The van der Waals surface area contributed by atoms with Crippen LogP contribution in [0.1, 0.15) is 38.5 Å². The van der Waals surface area contributed by atoms with Gasteiger partial charge in [0.1, 0.15) is 6.61 Å². The van der Waals surface area contributed by atoms with Crippen LogP contribution in [0.3, 0.4) is 0 Å². The van der Waals surface area contributed by atoms with Crippen LogP contribution in [0.15, 0.2) is 12.4 Å². The molecule has 2 aliphatic rings. The lowest BCUT2D eigenvalue weighted by Crippen LogP contribution is -2.21. The normalized spacial score (nSPS) is 22.8. The predicted molar refractivity (Wildman–Crippen MR) is 78.0 cm³/mol. The number of hydrogen-bond donors (Lipinski definition) is 1. The fourth-order valence-corrected chi connectivity index (χ4v) is 2.97. The number of aromatic nitrogens is 2. The van der Waals surface area contributed by atoms with Gasteiger partial charge in [-0.1, -0.05) is 12.8 Å². The van der Waals surface area contributed by atoms with Crippen LogP contribution < -0.4 is 5.32 Å². The molecule has 1 saturated heterocycles. The van der Waals surface area contributed by atoms with E-state index in [2.05, 4.69) is 10.4 Å². The fourth-order valence-electron chi connectivity index (χ4n) is 2.97. The van der Waals surface area contributed by atoms with Crippen molar-refractivity contribution in [3.8, 4) is 0 Å². The van der Waals surface area contributed by atoms with Crippen LogP contribution in [-0.4, -0.2) is 41.1 Å². The number of carbonyl (C=O) groups excluding carboxylic acids is 1. The molecule has 1 amide bonds. The lowest BCUT2D eigenvalue weighted by Gasteiger charge is -2.10. The maximum atomic E-state index is 11.8. The number of carbonyl (C=O) groups is 1. The summed E-state index contributed by atoms with van der Waals surface area (Å²) in [5.41, 5.74) is 0.716. The Morgan fingerprint density at radius 3 is 3.00 bits per heavy atom. The van der Waals surface area contributed by atoms with Gasteiger partial charge in [0.25, 0.3) is 0 Å². The second kappa shape index (κ2) is 7.04. The van der Waals surface area contributed by atoms with Gasteiger partial charge >= 0.3 is 0 Å². The third-order valence-electron chi connectivity index (χ3n) is 4.08. The Hall–Kier alpha value is -1.40. The van der Waals surface area contributed by atoms with E-state index < -0.39 is 0 Å². The third-order valence-corrected chi connectivity index (χ3v) is 4.08. The molecular weight excluding hydrogens is 270 g/mol. The summed E-state index contributed by atoms with van der Waals surface area (Å²) in [4.78, 5) is 11.8. The molecule has 1 saturated carbocycles. The molecule has 2 heterocycles. The quantitative estimate of drug-likeness (QED) is 0.870. The van der Waals surface area contributed by atoms with Crippen molar-refractivity contribution in [1.82, 2.24) is 9.78 Å². The van der Waals surface area contributed by atoms with E-state index in [1.165, 1.54) is 12.8 Å². The van der Waals surface area contributed by atoms with Crippen LogP contribution in [0, 0.1) is 0 Å². The number of anilines is 1. The van der Waals surface area contributed by atoms with Gasteiger partial charge in [0.05, 0.1) is 30.6 Å². The molecule has 3 rings (SSSR count). The molecule has 1 aliphatic heterocycles. The Bertz CT molecular complexity index is 462. The fraction of sp³-hybridized carbons (Fsp3) is 0.733. The molecule has 1 N–H and O–H groups in total. The monoisotopic (exact) mass is 293 g/mol. The average Bonchev–Trinajstić information content (AvgIpc) is 3.19. The van der Waals surface area contributed by atoms with Gasteiger partial charge in [0, 0.05) is 12.8 Å². The van der Waals surface area contributed by atoms with Crippen molar-refractivity contribution in [3.63, 3.8) is 0 Å². The van der Waals surface area contributed by atoms with Gasteiger partial charge in [-0.05, 0) is 25.7 Å². The van der Waals surface area contributed by atoms with Gasteiger partial charge in [0.15, 0.2) is 0 Å². The second-order valence-corrected chi connectivity index (χ2v) is 5.85. The number of rotatable bonds is 6. The van der Waals surface area contributed by atoms with E-state index in [-0.39, 0.29) is 24.7 Å². The zero-order chi connectivity index (χ0) is 14.5. The lowest BCUT2D eigenvalue weighted by molar-refractivity contribution is -0.122. The molecule has 0 aromatic carbocycles. The molecule has 6 heteroatoms. The van der Waals surface area contributed by atoms with E-state index in [9.17, 15) is 4.79 Å². The molecule has 1 atom stereocenters. The largest absolute Gasteiger partial charge is 0.376 e. The summed E-state index contributed by atoms with van der Waals surface area (Å²) in [7, 11) is 0. The highest BCUT2D eigenvalue weighted by atomic mass is 16.5. The maximum Gasteiger partial charge on any atom is 0.250 e. The number of amides is 1. The Morgan fingerprint density at radius 1 is 1.38 bits per heavy atom. The van der Waals surface area contributed by atoms with E-state index >= 15 is 0 Å². The van der Waals surface area contributed by atoms with Gasteiger partial charge in [-0.15, -0.1) is 0 Å². The van der Waals surface area contributed by atoms with Crippen molar-refractivity contribution in [3.05, 3.63) is 12.4 Å². The topological polar surface area (TPSA) is 65.4 Å². The molecule has 6 nitrogen and oxygen atoms in total. The van der Waals surface area contributed by atoms with E-state index in [1.807, 2.05) is 10.9 Å². The van der Waals surface area contributed by atoms with E-state index in [0.717, 1.165) is 38.8 Å². The summed E-state index contributed by atoms with van der Waals surface area (Å²) in [6.45, 7) is 1.71. The highest BCUT2D eigenvalue weighted by Gasteiger charge is 2.18. The zero-order valence-corrected chi connectivity index (χ0v) is 12.3. The first-order valence-corrected chi connectivity index (χ1v) is 7.85. The van der Waals surface area contributed by atoms with Gasteiger partial charge < -0.3 is 14.8 Å². The van der Waals surface area contributed by atoms with Crippen molar-refractivity contribution in [2.45, 2.75) is 57.3 Å². The average molecular weight is 293 g/mol. The smallest absolute Gasteiger partial charge is 0.250 e. The minimum absolute atomic E-state index is 0.112. The number of nitrogens with one attached hydrogen (secondary N) is 1. The Morgan fingerprint density at radius 2 is 2.24 bits per heavy atom. The van der Waals surface area contributed by atoms with E-state index in [0.29, 0.717) is 5.69 Å². The third kappa shape index (κ3) is 4.28. The van der Waals surface area contributed by atoms with Crippen LogP contribution in [0.2, 0.25) is 0 Å². The summed E-state index contributed by atoms with van der Waals surface area (Å²) < 4.78 is 13.0. The number of hydrogen-bond acceptors (Lipinski definition) is 4. The van der Waals surface area contributed by atoms with Crippen molar-refractivity contribution in [2.24, 2.45) is 0 Å². The Labute approximate surface area is 124 Å². The highest BCUT2D eigenvalue weighted by Crippen LogP contribution is 2.20. The van der Waals surface area contributed by atoms with Crippen molar-refractivity contribution >= 4 is 11.6 Å². The summed E-state index contributed by atoms with van der Waals surface area (Å²) >= 11 is 0. The van der Waals surface area contributed by atoms with Crippen LogP contribution in [0.5, 0.6) is 0 Å². The summed E-state index contributed by atoms with van der Waals surface area (Å²) in [6.07, 6.45) is 10.8. The zero-order valence-electron chi connectivity index (χ0n) is 12.3. The molecular formula is C15H23N3O3. The van der Waals surface area contributed by atoms with Crippen molar-refractivity contribution in [2.75, 3.05) is 18.5 Å². The molecule has 1 aromatic rings. The minimum atomic E-state index is -0.112. The molecule has 0 spiro atoms. The Kier molecular flexibility index (Phi) is 4.87. The summed E-state index contributed by atoms with van der Waals surface area (Å²) in [5, 5.41) is 7.07. The van der Waals surface area contributed by atoms with Crippen LogP contribution in [0.4, 0.5) is 5.69 Å². The minimum Gasteiger partial charge on any atom is -0.376 e. The molecule has 0 unspecified atom stereocenters. The summed E-state index contributed by atoms with van der Waals surface area (Å²) in [6, 6.07) is 0. The SMILES string of the molecule is O=C(COC1CCCC1)Nc1cnn(C[C@H]2CCCO2)c1. The van der Waals surface area contributed by atoms with Gasteiger partial charge in [-0.2, -0.15) is 5.10 Å². The second-order valence-electron chi connectivity index (χ2n) is 5.85. The molecule has 21 heavy (non-hydrogen) atoms. The van der Waals surface area contributed by atoms with Crippen molar-refractivity contribution < 1.29 is 14.3 Å². The lowest BCUT2D eigenvalue weighted by atomic mass is 10.2. The van der Waals surface area contributed by atoms with E-state index in [1.54, 1.807) is 6.20 Å². The number of nitrogens with zero attached hydrogens (tertiary/aromatic N) is 2. The van der Waals surface area contributed by atoms with Gasteiger partial charge in [0.2, 0.25) is 5.91 Å². The molecule has 1 aliphatic carbocycles. The first-order chi connectivity index (χ1) is 10.3. The highest BCUT2D eigenvalue weighted by molar-refractivity contribution is 5.91. The standard InChI is InChI=1S/C15H23N3O3/c19-15(11-21-13-4-1-2-5-13)17-12-8-16-18(9-12)10-14-6-3-7-20-14/h8-9,13-14H,1-7,10-11H2,(H,17,19)/t14-/m1/s1. The molecule has 1 aromatic heterocycles. The maximum absolute atomic E-state index is 11.8. The molecule has 0 radical (unpaired) electrons. The number of ether oxygens (including phenoxy) is 2. The summed E-state index contributed by atoms with van der Waals surface area (Å²) in [5.74, 6) is -0.112. The van der Waals surface area contributed by atoms with Gasteiger partial charge in [-0.25, -0.2) is 0 Å². The van der Waals surface area contributed by atoms with Gasteiger partial charge in [-0.3, -0.25) is 9.48 Å². The first-order valence-electron chi connectivity index (χ1n) is 7.85. The van der Waals surface area contributed by atoms with Crippen LogP contribution in [0.25, 0.3) is 0 Å².